The van der Waals surface area contributed by atoms with Gasteiger partial charge in [0.05, 0.1) is 12.5 Å². The van der Waals surface area contributed by atoms with Crippen LogP contribution in [0.3, 0.4) is 0 Å². The number of rotatable bonds is 8. The number of amides is 1. The molecule has 0 aromatic carbocycles. The van der Waals surface area contributed by atoms with E-state index in [1.165, 1.54) is 0 Å². The van der Waals surface area contributed by atoms with Gasteiger partial charge in [-0.3, -0.25) is 4.79 Å². The van der Waals surface area contributed by atoms with Crippen molar-refractivity contribution in [2.75, 3.05) is 20.1 Å². The predicted molar refractivity (Wildman–Crippen MR) is 64.6 cm³/mol. The van der Waals surface area contributed by atoms with E-state index >= 15 is 0 Å². The highest BCUT2D eigenvalue weighted by Gasteiger charge is 2.11. The molecule has 4 heteroatoms. The zero-order valence-corrected chi connectivity index (χ0v) is 10.4. The second-order valence-electron chi connectivity index (χ2n) is 4.11. The summed E-state index contributed by atoms with van der Waals surface area (Å²) in [6, 6.07) is 2.04. The Morgan fingerprint density at radius 1 is 1.50 bits per heavy atom. The van der Waals surface area contributed by atoms with Gasteiger partial charge in [-0.2, -0.15) is 5.26 Å². The number of carbonyl (C=O) groups is 1. The van der Waals surface area contributed by atoms with Crippen LogP contribution in [0.1, 0.15) is 39.0 Å². The van der Waals surface area contributed by atoms with Crippen molar-refractivity contribution in [3.05, 3.63) is 0 Å². The number of hydrogen-bond acceptors (Lipinski definition) is 3. The minimum Gasteiger partial charge on any atom is -0.345 e. The van der Waals surface area contributed by atoms with E-state index in [1.807, 2.05) is 6.07 Å². The topological polar surface area (TPSA) is 70.1 Å². The molecule has 1 unspecified atom stereocenters. The molecule has 4 nitrogen and oxygen atoms in total. The van der Waals surface area contributed by atoms with Crippen molar-refractivity contribution in [1.29, 1.82) is 5.26 Å². The third kappa shape index (κ3) is 6.41. The van der Waals surface area contributed by atoms with E-state index in [-0.39, 0.29) is 5.91 Å². The van der Waals surface area contributed by atoms with Gasteiger partial charge in [0.2, 0.25) is 5.91 Å². The molecule has 0 aromatic heterocycles. The lowest BCUT2D eigenvalue weighted by molar-refractivity contribution is -0.130. The van der Waals surface area contributed by atoms with Crippen LogP contribution < -0.4 is 5.73 Å². The third-order valence-electron chi connectivity index (χ3n) is 2.90. The monoisotopic (exact) mass is 225 g/mol. The highest BCUT2D eigenvalue weighted by atomic mass is 16.2. The minimum atomic E-state index is 0.130. The van der Waals surface area contributed by atoms with E-state index in [0.29, 0.717) is 31.8 Å². The molecule has 0 fully saturated rings. The van der Waals surface area contributed by atoms with Crippen molar-refractivity contribution in [1.82, 2.24) is 4.90 Å². The van der Waals surface area contributed by atoms with E-state index in [2.05, 4.69) is 6.92 Å². The largest absolute Gasteiger partial charge is 0.345 e. The first kappa shape index (κ1) is 14.9. The predicted octanol–water partition coefficient (Wildman–Crippen LogP) is 1.51. The molecule has 0 bridgehead atoms. The molecule has 16 heavy (non-hydrogen) atoms. The Morgan fingerprint density at radius 2 is 2.19 bits per heavy atom. The van der Waals surface area contributed by atoms with Gasteiger partial charge < -0.3 is 10.6 Å². The zero-order valence-electron chi connectivity index (χ0n) is 10.4. The van der Waals surface area contributed by atoms with Crippen LogP contribution in [-0.4, -0.2) is 30.9 Å². The zero-order chi connectivity index (χ0) is 12.4. The maximum Gasteiger partial charge on any atom is 0.222 e. The first-order valence-corrected chi connectivity index (χ1v) is 5.96. The Balaban J connectivity index is 3.82. The lowest BCUT2D eigenvalue weighted by atomic mass is 9.96. The van der Waals surface area contributed by atoms with Crippen molar-refractivity contribution in [3.63, 3.8) is 0 Å². The fourth-order valence-corrected chi connectivity index (χ4v) is 1.65. The minimum absolute atomic E-state index is 0.130. The summed E-state index contributed by atoms with van der Waals surface area (Å²) < 4.78 is 0. The van der Waals surface area contributed by atoms with Crippen molar-refractivity contribution in [3.8, 4) is 6.07 Å². The summed E-state index contributed by atoms with van der Waals surface area (Å²) in [7, 11) is 1.75. The van der Waals surface area contributed by atoms with E-state index in [4.69, 9.17) is 11.0 Å². The molecule has 0 aliphatic carbocycles. The molecule has 0 saturated carbocycles. The maximum absolute atomic E-state index is 11.7. The van der Waals surface area contributed by atoms with Gasteiger partial charge in [-0.15, -0.1) is 0 Å². The van der Waals surface area contributed by atoms with Crippen molar-refractivity contribution < 1.29 is 4.79 Å². The summed E-state index contributed by atoms with van der Waals surface area (Å²) in [6.07, 6.45) is 3.95. The van der Waals surface area contributed by atoms with E-state index in [1.54, 1.807) is 11.9 Å². The molecule has 0 saturated heterocycles. The summed E-state index contributed by atoms with van der Waals surface area (Å²) in [4.78, 5) is 13.3. The molecule has 1 atom stereocenters. The second-order valence-corrected chi connectivity index (χ2v) is 4.11. The van der Waals surface area contributed by atoms with Crippen LogP contribution in [0, 0.1) is 17.2 Å². The van der Waals surface area contributed by atoms with Gasteiger partial charge in [-0.25, -0.2) is 0 Å². The molecule has 0 aromatic rings. The normalized spacial score (nSPS) is 11.9. The maximum atomic E-state index is 11.7. The molecule has 0 spiro atoms. The number of nitrogens with two attached hydrogens (primary N) is 1. The third-order valence-corrected chi connectivity index (χ3v) is 2.90. The molecule has 0 radical (unpaired) electrons. The molecule has 0 aliphatic rings. The summed E-state index contributed by atoms with van der Waals surface area (Å²) in [5.41, 5.74) is 5.51. The lowest BCUT2D eigenvalue weighted by Gasteiger charge is -2.18. The van der Waals surface area contributed by atoms with Crippen molar-refractivity contribution in [2.45, 2.75) is 39.0 Å². The second kappa shape index (κ2) is 9.17. The van der Waals surface area contributed by atoms with Gasteiger partial charge >= 0.3 is 0 Å². The SMILES string of the molecule is CCC(CCN)CCC(=O)N(C)CCC#N. The van der Waals surface area contributed by atoms with Gasteiger partial charge in [0.15, 0.2) is 0 Å². The number of carbonyl (C=O) groups excluding carboxylic acids is 1. The van der Waals surface area contributed by atoms with Gasteiger partial charge in [0, 0.05) is 20.0 Å². The van der Waals surface area contributed by atoms with Crippen LogP contribution in [0.2, 0.25) is 0 Å². The van der Waals surface area contributed by atoms with Gasteiger partial charge in [-0.1, -0.05) is 13.3 Å². The Bertz CT molecular complexity index is 235. The summed E-state index contributed by atoms with van der Waals surface area (Å²) in [6.45, 7) is 3.35. The summed E-state index contributed by atoms with van der Waals surface area (Å²) in [5, 5.41) is 8.42. The number of nitrogens with zero attached hydrogens (tertiary/aromatic N) is 2. The van der Waals surface area contributed by atoms with Crippen LogP contribution in [0.15, 0.2) is 0 Å². The molecule has 92 valence electrons. The van der Waals surface area contributed by atoms with Gasteiger partial charge in [0.25, 0.3) is 0 Å². The standard InChI is InChI=1S/C12H23N3O/c1-3-11(7-9-14)5-6-12(16)15(2)10-4-8-13/h11H,3-7,9-10,14H2,1-2H3. The first-order valence-electron chi connectivity index (χ1n) is 5.96. The number of nitriles is 1. The van der Waals surface area contributed by atoms with E-state index in [9.17, 15) is 4.79 Å². The van der Waals surface area contributed by atoms with Crippen LogP contribution >= 0.6 is 0 Å². The molecular weight excluding hydrogens is 202 g/mol. The van der Waals surface area contributed by atoms with Gasteiger partial charge in [0.1, 0.15) is 0 Å². The van der Waals surface area contributed by atoms with Gasteiger partial charge in [-0.05, 0) is 25.3 Å². The quantitative estimate of drug-likeness (QED) is 0.680. The number of hydrogen-bond donors (Lipinski definition) is 1. The highest BCUT2D eigenvalue weighted by molar-refractivity contribution is 5.75. The average Bonchev–Trinajstić information content (AvgIpc) is 2.30. The smallest absolute Gasteiger partial charge is 0.222 e. The Morgan fingerprint density at radius 3 is 2.69 bits per heavy atom. The van der Waals surface area contributed by atoms with Crippen molar-refractivity contribution in [2.24, 2.45) is 11.7 Å². The lowest BCUT2D eigenvalue weighted by Crippen LogP contribution is -2.27. The summed E-state index contributed by atoms with van der Waals surface area (Å²) in [5.74, 6) is 0.684. The van der Waals surface area contributed by atoms with Crippen LogP contribution in [-0.2, 0) is 4.79 Å². The first-order chi connectivity index (χ1) is 7.65. The van der Waals surface area contributed by atoms with Crippen LogP contribution in [0.4, 0.5) is 0 Å². The molecule has 1 amide bonds. The van der Waals surface area contributed by atoms with Crippen LogP contribution in [0.25, 0.3) is 0 Å². The summed E-state index contributed by atoms with van der Waals surface area (Å²) >= 11 is 0. The average molecular weight is 225 g/mol. The molecule has 0 rings (SSSR count). The van der Waals surface area contributed by atoms with E-state index < -0.39 is 0 Å². The highest BCUT2D eigenvalue weighted by Crippen LogP contribution is 2.15. The Kier molecular flexibility index (Phi) is 8.55. The Labute approximate surface area is 98.4 Å². The van der Waals surface area contributed by atoms with E-state index in [0.717, 1.165) is 19.3 Å². The molecule has 0 heterocycles. The molecule has 2 N–H and O–H groups in total. The van der Waals surface area contributed by atoms with Crippen LogP contribution in [0.5, 0.6) is 0 Å². The Hall–Kier alpha value is -1.08. The van der Waals surface area contributed by atoms with Crippen molar-refractivity contribution >= 4 is 5.91 Å². The fourth-order valence-electron chi connectivity index (χ4n) is 1.65. The molecule has 0 aliphatic heterocycles. The molecular formula is C12H23N3O. The fraction of sp³-hybridized carbons (Fsp3) is 0.833.